The van der Waals surface area contributed by atoms with Gasteiger partial charge in [-0.3, -0.25) is 4.79 Å². The SMILES string of the molecule is COCC1(C(=O)Nc2nc3ccc(OC(F)(F)F)cc3s2)CCNCC1.Cl. The first kappa shape index (κ1) is 21.7. The van der Waals surface area contributed by atoms with Gasteiger partial charge in [0.05, 0.1) is 22.2 Å². The highest BCUT2D eigenvalue weighted by Gasteiger charge is 2.40. The first-order chi connectivity index (χ1) is 12.3. The molecular formula is C16H19ClF3N3O3S. The monoisotopic (exact) mass is 425 g/mol. The van der Waals surface area contributed by atoms with Crippen molar-refractivity contribution in [1.82, 2.24) is 10.3 Å². The quantitative estimate of drug-likeness (QED) is 0.766. The second-order valence-electron chi connectivity index (χ2n) is 6.11. The van der Waals surface area contributed by atoms with E-state index >= 15 is 0 Å². The van der Waals surface area contributed by atoms with Crippen LogP contribution in [0.2, 0.25) is 0 Å². The second-order valence-corrected chi connectivity index (χ2v) is 7.14. The zero-order chi connectivity index (χ0) is 18.8. The van der Waals surface area contributed by atoms with Crippen molar-refractivity contribution in [3.05, 3.63) is 18.2 Å². The molecule has 27 heavy (non-hydrogen) atoms. The van der Waals surface area contributed by atoms with E-state index in [1.54, 1.807) is 7.11 Å². The van der Waals surface area contributed by atoms with Crippen molar-refractivity contribution in [2.75, 3.05) is 32.1 Å². The Hall–Kier alpha value is -1.62. The third kappa shape index (κ3) is 5.22. The number of alkyl halides is 3. The van der Waals surface area contributed by atoms with Crippen LogP contribution in [0.15, 0.2) is 18.2 Å². The maximum absolute atomic E-state index is 12.8. The van der Waals surface area contributed by atoms with Gasteiger partial charge in [0.25, 0.3) is 0 Å². The highest BCUT2D eigenvalue weighted by molar-refractivity contribution is 7.22. The molecule has 0 aliphatic carbocycles. The molecule has 0 bridgehead atoms. The number of methoxy groups -OCH3 is 1. The van der Waals surface area contributed by atoms with Crippen molar-refractivity contribution in [3.63, 3.8) is 0 Å². The number of nitrogens with zero attached hydrogens (tertiary/aromatic N) is 1. The van der Waals surface area contributed by atoms with Gasteiger partial charge in [0.1, 0.15) is 5.75 Å². The predicted molar refractivity (Wildman–Crippen MR) is 98.6 cm³/mol. The summed E-state index contributed by atoms with van der Waals surface area (Å²) in [6, 6.07) is 3.88. The number of carbonyl (C=O) groups is 1. The van der Waals surface area contributed by atoms with E-state index in [1.807, 2.05) is 0 Å². The molecule has 1 fully saturated rings. The number of halogens is 4. The second kappa shape index (κ2) is 8.59. The number of nitrogens with one attached hydrogen (secondary N) is 2. The normalized spacial score (nSPS) is 16.6. The average Bonchev–Trinajstić information content (AvgIpc) is 2.96. The minimum Gasteiger partial charge on any atom is -0.406 e. The smallest absolute Gasteiger partial charge is 0.406 e. The zero-order valence-corrected chi connectivity index (χ0v) is 16.0. The molecule has 2 N–H and O–H groups in total. The van der Waals surface area contributed by atoms with Crippen LogP contribution in [0.5, 0.6) is 5.75 Å². The van der Waals surface area contributed by atoms with Gasteiger partial charge in [-0.25, -0.2) is 4.98 Å². The van der Waals surface area contributed by atoms with E-state index in [0.29, 0.717) is 34.8 Å². The van der Waals surface area contributed by atoms with Crippen molar-refractivity contribution in [2.45, 2.75) is 19.2 Å². The Bertz CT molecular complexity index is 789. The Kier molecular flexibility index (Phi) is 6.90. The number of piperidine rings is 1. The van der Waals surface area contributed by atoms with Crippen molar-refractivity contribution in [1.29, 1.82) is 0 Å². The third-order valence-electron chi connectivity index (χ3n) is 4.28. The lowest BCUT2D eigenvalue weighted by molar-refractivity contribution is -0.274. The lowest BCUT2D eigenvalue weighted by Crippen LogP contribution is -2.47. The number of ether oxygens (including phenoxy) is 2. The maximum Gasteiger partial charge on any atom is 0.573 e. The van der Waals surface area contributed by atoms with Crippen LogP contribution in [0.4, 0.5) is 18.3 Å². The van der Waals surface area contributed by atoms with Gasteiger partial charge in [0.15, 0.2) is 5.13 Å². The molecule has 2 aromatic rings. The molecule has 1 aromatic carbocycles. The topological polar surface area (TPSA) is 72.5 Å². The zero-order valence-electron chi connectivity index (χ0n) is 14.4. The van der Waals surface area contributed by atoms with E-state index in [4.69, 9.17) is 4.74 Å². The molecule has 0 spiro atoms. The first-order valence-electron chi connectivity index (χ1n) is 7.99. The van der Waals surface area contributed by atoms with Crippen LogP contribution in [0.25, 0.3) is 10.2 Å². The number of carbonyl (C=O) groups excluding carboxylic acids is 1. The Morgan fingerprint density at radius 1 is 1.37 bits per heavy atom. The van der Waals surface area contributed by atoms with Gasteiger partial charge in [0, 0.05) is 13.2 Å². The van der Waals surface area contributed by atoms with Crippen LogP contribution >= 0.6 is 23.7 Å². The number of fused-ring (bicyclic) bond motifs is 1. The molecule has 1 aliphatic heterocycles. The summed E-state index contributed by atoms with van der Waals surface area (Å²) in [7, 11) is 1.55. The number of anilines is 1. The summed E-state index contributed by atoms with van der Waals surface area (Å²) < 4.78 is 46.6. The average molecular weight is 426 g/mol. The van der Waals surface area contributed by atoms with Crippen molar-refractivity contribution in [3.8, 4) is 5.75 Å². The Morgan fingerprint density at radius 3 is 2.70 bits per heavy atom. The summed E-state index contributed by atoms with van der Waals surface area (Å²) in [6.07, 6.45) is -3.47. The van der Waals surface area contributed by atoms with Crippen LogP contribution in [0.1, 0.15) is 12.8 Å². The van der Waals surface area contributed by atoms with E-state index in [9.17, 15) is 18.0 Å². The Morgan fingerprint density at radius 2 is 2.07 bits per heavy atom. The van der Waals surface area contributed by atoms with E-state index in [-0.39, 0.29) is 24.1 Å². The fourth-order valence-corrected chi connectivity index (χ4v) is 3.89. The van der Waals surface area contributed by atoms with Gasteiger partial charge >= 0.3 is 6.36 Å². The number of amides is 1. The van der Waals surface area contributed by atoms with E-state index < -0.39 is 11.8 Å². The van der Waals surface area contributed by atoms with Crippen LogP contribution < -0.4 is 15.4 Å². The van der Waals surface area contributed by atoms with Crippen LogP contribution in [0, 0.1) is 5.41 Å². The van der Waals surface area contributed by atoms with Gasteiger partial charge in [-0.1, -0.05) is 11.3 Å². The standard InChI is InChI=1S/C16H18F3N3O3S.ClH/c1-24-9-15(4-6-20-7-5-15)13(23)22-14-21-11-3-2-10(8-12(11)26-14)25-16(17,18)19;/h2-3,8,20H,4-7,9H2,1H3,(H,21,22,23);1H. The molecule has 2 heterocycles. The van der Waals surface area contributed by atoms with Crippen LogP contribution in [-0.4, -0.2) is 44.1 Å². The summed E-state index contributed by atoms with van der Waals surface area (Å²) in [5, 5.41) is 6.34. The predicted octanol–water partition coefficient (Wildman–Crippen LogP) is 3.57. The van der Waals surface area contributed by atoms with Gasteiger partial charge < -0.3 is 20.1 Å². The van der Waals surface area contributed by atoms with Gasteiger partial charge in [0.2, 0.25) is 5.91 Å². The summed E-state index contributed by atoms with van der Waals surface area (Å²) in [5.74, 6) is -0.507. The van der Waals surface area contributed by atoms with E-state index in [0.717, 1.165) is 24.4 Å². The van der Waals surface area contributed by atoms with Gasteiger partial charge in [-0.2, -0.15) is 0 Å². The largest absolute Gasteiger partial charge is 0.573 e. The van der Waals surface area contributed by atoms with Crippen molar-refractivity contribution >= 4 is 45.0 Å². The van der Waals surface area contributed by atoms with E-state index in [2.05, 4.69) is 20.4 Å². The molecule has 0 unspecified atom stereocenters. The number of benzene rings is 1. The molecule has 0 radical (unpaired) electrons. The molecule has 11 heteroatoms. The number of thiazole rings is 1. The highest BCUT2D eigenvalue weighted by Crippen LogP contribution is 2.34. The minimum absolute atomic E-state index is 0. The summed E-state index contributed by atoms with van der Waals surface area (Å²) in [5.41, 5.74) is -0.145. The lowest BCUT2D eigenvalue weighted by atomic mass is 9.79. The Labute approximate surface area is 163 Å². The molecule has 1 saturated heterocycles. The highest BCUT2D eigenvalue weighted by atomic mass is 35.5. The molecule has 3 rings (SSSR count). The van der Waals surface area contributed by atoms with Crippen LogP contribution in [0.3, 0.4) is 0 Å². The lowest BCUT2D eigenvalue weighted by Gasteiger charge is -2.35. The molecule has 6 nitrogen and oxygen atoms in total. The van der Waals surface area contributed by atoms with E-state index in [1.165, 1.54) is 18.2 Å². The fraction of sp³-hybridized carbons (Fsp3) is 0.500. The summed E-state index contributed by atoms with van der Waals surface area (Å²) in [6.45, 7) is 1.73. The summed E-state index contributed by atoms with van der Waals surface area (Å²) in [4.78, 5) is 17.1. The molecule has 1 aliphatic rings. The molecule has 1 amide bonds. The third-order valence-corrected chi connectivity index (χ3v) is 5.21. The van der Waals surface area contributed by atoms with Gasteiger partial charge in [-0.15, -0.1) is 25.6 Å². The summed E-state index contributed by atoms with van der Waals surface area (Å²) >= 11 is 1.10. The number of hydrogen-bond donors (Lipinski definition) is 2. The molecular weight excluding hydrogens is 407 g/mol. The molecule has 0 saturated carbocycles. The van der Waals surface area contributed by atoms with Crippen molar-refractivity contribution < 1.29 is 27.4 Å². The molecule has 1 aromatic heterocycles. The number of rotatable bonds is 5. The van der Waals surface area contributed by atoms with Crippen LogP contribution in [-0.2, 0) is 9.53 Å². The molecule has 0 atom stereocenters. The Balaban J connectivity index is 0.00000261. The fourth-order valence-electron chi connectivity index (χ4n) is 3.00. The number of aromatic nitrogens is 1. The first-order valence-corrected chi connectivity index (χ1v) is 8.80. The minimum atomic E-state index is -4.75. The van der Waals surface area contributed by atoms with Gasteiger partial charge in [-0.05, 0) is 38.1 Å². The maximum atomic E-state index is 12.8. The van der Waals surface area contributed by atoms with Crippen molar-refractivity contribution in [2.24, 2.45) is 5.41 Å². The number of hydrogen-bond acceptors (Lipinski definition) is 6. The molecule has 150 valence electrons.